The standard InChI is InChI=1S/C20H19ClN4O4S/c1-13-11-19(23-14(2)22-13)25-30(27,28)18-9-5-16(6-10-18)24-20(26)12-29-17-7-3-15(21)4-8-17/h3-11H,12H2,1-2H3,(H,24,26)(H,22,23,25). The van der Waals surface area contributed by atoms with Crippen molar-refractivity contribution in [3.63, 3.8) is 0 Å². The van der Waals surface area contributed by atoms with Crippen LogP contribution in [-0.2, 0) is 14.8 Å². The van der Waals surface area contributed by atoms with Gasteiger partial charge in [0.15, 0.2) is 6.61 Å². The molecule has 10 heteroatoms. The van der Waals surface area contributed by atoms with Crippen molar-refractivity contribution >= 4 is 39.0 Å². The van der Waals surface area contributed by atoms with Crippen molar-refractivity contribution in [2.75, 3.05) is 16.6 Å². The first kappa shape index (κ1) is 21.5. The number of ether oxygens (including phenoxy) is 1. The number of amides is 1. The fourth-order valence-corrected chi connectivity index (χ4v) is 3.68. The lowest BCUT2D eigenvalue weighted by molar-refractivity contribution is -0.118. The van der Waals surface area contributed by atoms with Gasteiger partial charge in [-0.15, -0.1) is 0 Å². The van der Waals surface area contributed by atoms with Crippen molar-refractivity contribution in [2.45, 2.75) is 18.7 Å². The number of hydrogen-bond acceptors (Lipinski definition) is 6. The third kappa shape index (κ3) is 5.91. The van der Waals surface area contributed by atoms with Gasteiger partial charge in [-0.1, -0.05) is 11.6 Å². The number of aryl methyl sites for hydroxylation is 2. The third-order valence-electron chi connectivity index (χ3n) is 3.84. The second-order valence-corrected chi connectivity index (χ2v) is 8.48. The summed E-state index contributed by atoms with van der Waals surface area (Å²) in [4.78, 5) is 20.3. The van der Waals surface area contributed by atoms with E-state index in [0.29, 0.717) is 28.0 Å². The molecule has 1 heterocycles. The Kier molecular flexibility index (Phi) is 6.53. The minimum atomic E-state index is -3.83. The number of anilines is 2. The number of nitrogens with one attached hydrogen (secondary N) is 2. The van der Waals surface area contributed by atoms with Crippen LogP contribution in [0.3, 0.4) is 0 Å². The molecule has 2 N–H and O–H groups in total. The average molecular weight is 447 g/mol. The molecule has 0 spiro atoms. The largest absolute Gasteiger partial charge is 0.484 e. The van der Waals surface area contributed by atoms with Gasteiger partial charge in [-0.25, -0.2) is 18.4 Å². The number of rotatable bonds is 7. The fraction of sp³-hybridized carbons (Fsp3) is 0.150. The maximum Gasteiger partial charge on any atom is 0.263 e. The molecule has 0 atom stereocenters. The molecule has 1 aromatic heterocycles. The van der Waals surface area contributed by atoms with Gasteiger partial charge < -0.3 is 10.1 Å². The number of halogens is 1. The van der Waals surface area contributed by atoms with Crippen LogP contribution in [0.1, 0.15) is 11.5 Å². The number of sulfonamides is 1. The first-order valence-corrected chi connectivity index (χ1v) is 10.7. The van der Waals surface area contributed by atoms with Gasteiger partial charge in [0.05, 0.1) is 4.90 Å². The first-order chi connectivity index (χ1) is 14.2. The van der Waals surface area contributed by atoms with Crippen molar-refractivity contribution in [1.29, 1.82) is 0 Å². The molecule has 30 heavy (non-hydrogen) atoms. The molecule has 8 nitrogen and oxygen atoms in total. The smallest absolute Gasteiger partial charge is 0.263 e. The molecular weight excluding hydrogens is 428 g/mol. The van der Waals surface area contributed by atoms with Crippen LogP contribution < -0.4 is 14.8 Å². The summed E-state index contributed by atoms with van der Waals surface area (Å²) in [5.74, 6) is 0.784. The van der Waals surface area contributed by atoms with E-state index in [-0.39, 0.29) is 23.2 Å². The molecule has 2 aromatic carbocycles. The van der Waals surface area contributed by atoms with E-state index in [4.69, 9.17) is 16.3 Å². The molecule has 0 bridgehead atoms. The Bertz CT molecular complexity index is 1130. The van der Waals surface area contributed by atoms with Crippen molar-refractivity contribution in [1.82, 2.24) is 9.97 Å². The Hall–Kier alpha value is -3.17. The highest BCUT2D eigenvalue weighted by Gasteiger charge is 2.16. The van der Waals surface area contributed by atoms with Gasteiger partial charge in [0.2, 0.25) is 0 Å². The van der Waals surface area contributed by atoms with Crippen LogP contribution in [0.25, 0.3) is 0 Å². The van der Waals surface area contributed by atoms with E-state index in [1.54, 1.807) is 44.2 Å². The summed E-state index contributed by atoms with van der Waals surface area (Å²) in [6.45, 7) is 3.23. The number of aromatic nitrogens is 2. The van der Waals surface area contributed by atoms with Gasteiger partial charge >= 0.3 is 0 Å². The second kappa shape index (κ2) is 9.10. The number of benzene rings is 2. The summed E-state index contributed by atoms with van der Waals surface area (Å²) in [7, 11) is -3.83. The minimum absolute atomic E-state index is 0.0341. The van der Waals surface area contributed by atoms with Crippen molar-refractivity contribution in [2.24, 2.45) is 0 Å². The second-order valence-electron chi connectivity index (χ2n) is 6.36. The van der Waals surface area contributed by atoms with E-state index in [0.717, 1.165) is 0 Å². The summed E-state index contributed by atoms with van der Waals surface area (Å²) in [6.07, 6.45) is 0. The third-order valence-corrected chi connectivity index (χ3v) is 5.46. The predicted octanol–water partition coefficient (Wildman–Crippen LogP) is 3.57. The lowest BCUT2D eigenvalue weighted by Gasteiger charge is -2.10. The monoisotopic (exact) mass is 446 g/mol. The molecule has 0 saturated heterocycles. The summed E-state index contributed by atoms with van der Waals surface area (Å²) in [5.41, 5.74) is 1.09. The van der Waals surface area contributed by atoms with Crippen LogP contribution in [0.4, 0.5) is 11.5 Å². The van der Waals surface area contributed by atoms with Gasteiger partial charge in [-0.3, -0.25) is 9.52 Å². The Labute approximate surface area is 179 Å². The molecular formula is C20H19ClN4O4S. The molecule has 0 aliphatic heterocycles. The normalized spacial score (nSPS) is 11.0. The van der Waals surface area contributed by atoms with Crippen LogP contribution >= 0.6 is 11.6 Å². The first-order valence-electron chi connectivity index (χ1n) is 8.85. The molecule has 0 fully saturated rings. The Morgan fingerprint density at radius 2 is 1.70 bits per heavy atom. The molecule has 3 aromatic rings. The van der Waals surface area contributed by atoms with E-state index in [1.807, 2.05) is 0 Å². The lowest BCUT2D eigenvalue weighted by Crippen LogP contribution is -2.20. The Morgan fingerprint density at radius 1 is 1.03 bits per heavy atom. The van der Waals surface area contributed by atoms with Crippen LogP contribution in [0.2, 0.25) is 5.02 Å². The minimum Gasteiger partial charge on any atom is -0.484 e. The molecule has 0 saturated carbocycles. The van der Waals surface area contributed by atoms with Crippen LogP contribution in [0.5, 0.6) is 5.75 Å². The van der Waals surface area contributed by atoms with Crippen molar-refractivity contribution in [3.05, 3.63) is 71.1 Å². The van der Waals surface area contributed by atoms with Gasteiger partial charge in [0, 0.05) is 22.5 Å². The van der Waals surface area contributed by atoms with E-state index >= 15 is 0 Å². The quantitative estimate of drug-likeness (QED) is 0.574. The maximum absolute atomic E-state index is 12.6. The van der Waals surface area contributed by atoms with Gasteiger partial charge in [-0.2, -0.15) is 0 Å². The summed E-state index contributed by atoms with van der Waals surface area (Å²) < 4.78 is 32.9. The van der Waals surface area contributed by atoms with E-state index in [9.17, 15) is 13.2 Å². The number of carbonyl (C=O) groups excluding carboxylic acids is 1. The molecule has 3 rings (SSSR count). The Balaban J connectivity index is 1.60. The number of hydrogen-bond donors (Lipinski definition) is 2. The zero-order valence-electron chi connectivity index (χ0n) is 16.2. The topological polar surface area (TPSA) is 110 Å². The van der Waals surface area contributed by atoms with Crippen LogP contribution in [-0.4, -0.2) is 30.9 Å². The molecule has 156 valence electrons. The number of nitrogens with zero attached hydrogens (tertiary/aromatic N) is 2. The van der Waals surface area contributed by atoms with Crippen molar-refractivity contribution in [3.8, 4) is 5.75 Å². The highest BCUT2D eigenvalue weighted by molar-refractivity contribution is 7.92. The molecule has 0 radical (unpaired) electrons. The molecule has 0 unspecified atom stereocenters. The highest BCUT2D eigenvalue weighted by atomic mass is 35.5. The van der Waals surface area contributed by atoms with E-state index < -0.39 is 10.0 Å². The molecule has 0 aliphatic carbocycles. The Morgan fingerprint density at radius 3 is 2.33 bits per heavy atom. The van der Waals surface area contributed by atoms with Gasteiger partial charge in [0.1, 0.15) is 17.4 Å². The zero-order valence-corrected chi connectivity index (χ0v) is 17.8. The van der Waals surface area contributed by atoms with Crippen molar-refractivity contribution < 1.29 is 17.9 Å². The maximum atomic E-state index is 12.6. The number of carbonyl (C=O) groups is 1. The lowest BCUT2D eigenvalue weighted by atomic mass is 10.3. The molecule has 1 amide bonds. The van der Waals surface area contributed by atoms with Gasteiger partial charge in [0.25, 0.3) is 15.9 Å². The fourth-order valence-electron chi connectivity index (χ4n) is 2.56. The SMILES string of the molecule is Cc1cc(NS(=O)(=O)c2ccc(NC(=O)COc3ccc(Cl)cc3)cc2)nc(C)n1. The van der Waals surface area contributed by atoms with E-state index in [1.165, 1.54) is 24.3 Å². The zero-order chi connectivity index (χ0) is 21.7. The van der Waals surface area contributed by atoms with Crippen LogP contribution in [0, 0.1) is 13.8 Å². The van der Waals surface area contributed by atoms with E-state index in [2.05, 4.69) is 20.0 Å². The average Bonchev–Trinajstić information content (AvgIpc) is 2.67. The van der Waals surface area contributed by atoms with Crippen LogP contribution in [0.15, 0.2) is 59.5 Å². The highest BCUT2D eigenvalue weighted by Crippen LogP contribution is 2.18. The summed E-state index contributed by atoms with van der Waals surface area (Å²) in [6, 6.07) is 13.9. The summed E-state index contributed by atoms with van der Waals surface area (Å²) >= 11 is 5.80. The summed E-state index contributed by atoms with van der Waals surface area (Å²) in [5, 5.41) is 3.21. The van der Waals surface area contributed by atoms with Gasteiger partial charge in [-0.05, 0) is 62.4 Å². The predicted molar refractivity (Wildman–Crippen MR) is 114 cm³/mol. The molecule has 0 aliphatic rings.